The number of carboxylic acid groups (broad SMARTS) is 1. The van der Waals surface area contributed by atoms with Crippen molar-refractivity contribution in [1.29, 1.82) is 0 Å². The first-order valence-corrected chi connectivity index (χ1v) is 5.29. The molecule has 0 bridgehead atoms. The van der Waals surface area contributed by atoms with Crippen molar-refractivity contribution in [2.75, 3.05) is 0 Å². The van der Waals surface area contributed by atoms with Gasteiger partial charge in [-0.3, -0.25) is 10.1 Å². The van der Waals surface area contributed by atoms with Crippen LogP contribution in [0.5, 0.6) is 0 Å². The Morgan fingerprint density at radius 2 is 2.06 bits per heavy atom. The maximum absolute atomic E-state index is 11.0. The highest BCUT2D eigenvalue weighted by Crippen LogP contribution is 2.29. The van der Waals surface area contributed by atoms with Gasteiger partial charge in [0.25, 0.3) is 0 Å². The van der Waals surface area contributed by atoms with E-state index in [4.69, 9.17) is 5.11 Å². The van der Waals surface area contributed by atoms with Crippen LogP contribution >= 0.6 is 0 Å². The second-order valence-corrected chi connectivity index (χ2v) is 4.54. The average molecular weight is 217 g/mol. The summed E-state index contributed by atoms with van der Waals surface area (Å²) in [6, 6.07) is 7.98. The third-order valence-electron chi connectivity index (χ3n) is 2.85. The maximum atomic E-state index is 11.0. The number of fused-ring (bicyclic) bond motifs is 1. The summed E-state index contributed by atoms with van der Waals surface area (Å²) in [6.45, 7) is 3.34. The van der Waals surface area contributed by atoms with E-state index >= 15 is 0 Å². The van der Waals surface area contributed by atoms with Crippen LogP contribution in [0, 0.1) is 0 Å². The van der Waals surface area contributed by atoms with Gasteiger partial charge in [0.05, 0.1) is 6.04 Å². The van der Waals surface area contributed by atoms with E-state index in [1.54, 1.807) is 13.8 Å². The molecule has 1 aliphatic carbocycles. The van der Waals surface area contributed by atoms with Gasteiger partial charge in [0, 0.05) is 0 Å². The molecule has 16 heavy (non-hydrogen) atoms. The molecule has 0 fully saturated rings. The van der Waals surface area contributed by atoms with Gasteiger partial charge in [0.15, 0.2) is 0 Å². The SMILES string of the molecule is CC(C)(NC1C=Cc2ccccc21)C(=O)O. The van der Waals surface area contributed by atoms with Crippen LogP contribution in [0.2, 0.25) is 0 Å². The Hall–Kier alpha value is -1.61. The Labute approximate surface area is 94.8 Å². The highest BCUT2D eigenvalue weighted by atomic mass is 16.4. The fourth-order valence-electron chi connectivity index (χ4n) is 1.83. The van der Waals surface area contributed by atoms with E-state index in [-0.39, 0.29) is 6.04 Å². The molecule has 0 radical (unpaired) electrons. The van der Waals surface area contributed by atoms with Crippen molar-refractivity contribution in [3.8, 4) is 0 Å². The van der Waals surface area contributed by atoms with Crippen LogP contribution in [-0.4, -0.2) is 16.6 Å². The van der Waals surface area contributed by atoms with Crippen molar-refractivity contribution in [2.24, 2.45) is 0 Å². The number of aliphatic carboxylic acids is 1. The fourth-order valence-corrected chi connectivity index (χ4v) is 1.83. The lowest BCUT2D eigenvalue weighted by molar-refractivity contribution is -0.143. The van der Waals surface area contributed by atoms with Gasteiger partial charge in [-0.2, -0.15) is 0 Å². The van der Waals surface area contributed by atoms with Crippen LogP contribution < -0.4 is 5.32 Å². The minimum Gasteiger partial charge on any atom is -0.480 e. The molecule has 0 amide bonds. The van der Waals surface area contributed by atoms with E-state index < -0.39 is 11.5 Å². The van der Waals surface area contributed by atoms with Gasteiger partial charge in [-0.1, -0.05) is 36.4 Å². The van der Waals surface area contributed by atoms with E-state index in [1.807, 2.05) is 36.4 Å². The first-order chi connectivity index (χ1) is 7.50. The Balaban J connectivity index is 2.21. The fraction of sp³-hybridized carbons (Fsp3) is 0.308. The summed E-state index contributed by atoms with van der Waals surface area (Å²) in [6.07, 6.45) is 4.01. The zero-order valence-electron chi connectivity index (χ0n) is 9.40. The van der Waals surface area contributed by atoms with Crippen molar-refractivity contribution in [3.05, 3.63) is 41.5 Å². The molecule has 0 saturated carbocycles. The van der Waals surface area contributed by atoms with E-state index in [2.05, 4.69) is 5.32 Å². The van der Waals surface area contributed by atoms with E-state index in [1.165, 1.54) is 0 Å². The van der Waals surface area contributed by atoms with E-state index in [0.717, 1.165) is 11.1 Å². The quantitative estimate of drug-likeness (QED) is 0.816. The van der Waals surface area contributed by atoms with Crippen LogP contribution in [0.3, 0.4) is 0 Å². The van der Waals surface area contributed by atoms with Crippen molar-refractivity contribution in [3.63, 3.8) is 0 Å². The average Bonchev–Trinajstić information content (AvgIpc) is 2.61. The van der Waals surface area contributed by atoms with Gasteiger partial charge >= 0.3 is 5.97 Å². The molecule has 0 aliphatic heterocycles. The molecule has 84 valence electrons. The van der Waals surface area contributed by atoms with Crippen molar-refractivity contribution >= 4 is 12.0 Å². The molecule has 0 saturated heterocycles. The minimum atomic E-state index is -0.924. The third kappa shape index (κ3) is 1.86. The molecule has 1 atom stereocenters. The first kappa shape index (κ1) is 10.9. The number of carbonyl (C=O) groups is 1. The molecule has 1 aliphatic rings. The minimum absolute atomic E-state index is 0.0118. The Morgan fingerprint density at radius 1 is 1.38 bits per heavy atom. The van der Waals surface area contributed by atoms with Crippen molar-refractivity contribution in [1.82, 2.24) is 5.32 Å². The molecule has 0 spiro atoms. The third-order valence-corrected chi connectivity index (χ3v) is 2.85. The summed E-state index contributed by atoms with van der Waals surface area (Å²) in [5.41, 5.74) is 1.37. The maximum Gasteiger partial charge on any atom is 0.323 e. The van der Waals surface area contributed by atoms with Gasteiger partial charge in [0.1, 0.15) is 5.54 Å². The number of nitrogens with one attached hydrogen (secondary N) is 1. The number of hydrogen-bond donors (Lipinski definition) is 2. The topological polar surface area (TPSA) is 49.3 Å². The highest BCUT2D eigenvalue weighted by molar-refractivity contribution is 5.78. The Morgan fingerprint density at radius 3 is 2.75 bits per heavy atom. The molecule has 1 unspecified atom stereocenters. The van der Waals surface area contributed by atoms with Crippen LogP contribution in [0.4, 0.5) is 0 Å². The second kappa shape index (κ2) is 3.76. The van der Waals surface area contributed by atoms with Gasteiger partial charge in [-0.25, -0.2) is 0 Å². The van der Waals surface area contributed by atoms with E-state index in [0.29, 0.717) is 0 Å². The molecule has 0 heterocycles. The molecular formula is C13H15NO2. The molecule has 1 aromatic rings. The number of benzene rings is 1. The molecule has 1 aromatic carbocycles. The largest absolute Gasteiger partial charge is 0.480 e. The number of rotatable bonds is 3. The summed E-state index contributed by atoms with van der Waals surface area (Å²) < 4.78 is 0. The second-order valence-electron chi connectivity index (χ2n) is 4.54. The molecular weight excluding hydrogens is 202 g/mol. The first-order valence-electron chi connectivity index (χ1n) is 5.29. The summed E-state index contributed by atoms with van der Waals surface area (Å²) in [7, 11) is 0. The number of carboxylic acids is 1. The normalized spacial score (nSPS) is 18.5. The molecule has 0 aromatic heterocycles. The predicted molar refractivity (Wildman–Crippen MR) is 63.1 cm³/mol. The van der Waals surface area contributed by atoms with Gasteiger partial charge in [-0.15, -0.1) is 0 Å². The summed E-state index contributed by atoms with van der Waals surface area (Å²) in [5, 5.41) is 12.2. The van der Waals surface area contributed by atoms with Crippen LogP contribution in [0.1, 0.15) is 31.0 Å². The lowest BCUT2D eigenvalue weighted by Gasteiger charge is -2.25. The zero-order chi connectivity index (χ0) is 11.8. The molecule has 2 N–H and O–H groups in total. The van der Waals surface area contributed by atoms with E-state index in [9.17, 15) is 4.79 Å². The van der Waals surface area contributed by atoms with Crippen LogP contribution in [0.15, 0.2) is 30.3 Å². The van der Waals surface area contributed by atoms with Gasteiger partial charge < -0.3 is 5.11 Å². The summed E-state index contributed by atoms with van der Waals surface area (Å²) >= 11 is 0. The number of hydrogen-bond acceptors (Lipinski definition) is 2. The van der Waals surface area contributed by atoms with Gasteiger partial charge in [0.2, 0.25) is 0 Å². The standard InChI is InChI=1S/C13H15NO2/c1-13(2,12(15)16)14-11-8-7-9-5-3-4-6-10(9)11/h3-8,11,14H,1-2H3,(H,15,16). The predicted octanol–water partition coefficient (Wildman–Crippen LogP) is 2.21. The van der Waals surface area contributed by atoms with Crippen molar-refractivity contribution < 1.29 is 9.90 Å². The van der Waals surface area contributed by atoms with Crippen molar-refractivity contribution in [2.45, 2.75) is 25.4 Å². The van der Waals surface area contributed by atoms with Crippen LogP contribution in [-0.2, 0) is 4.79 Å². The Bertz CT molecular complexity index is 449. The van der Waals surface area contributed by atoms with Crippen LogP contribution in [0.25, 0.3) is 6.08 Å². The Kier molecular flexibility index (Phi) is 2.56. The van der Waals surface area contributed by atoms with Gasteiger partial charge in [-0.05, 0) is 25.0 Å². The smallest absolute Gasteiger partial charge is 0.323 e. The monoisotopic (exact) mass is 217 g/mol. The summed E-state index contributed by atoms with van der Waals surface area (Å²) in [5.74, 6) is -0.842. The molecule has 3 heteroatoms. The highest BCUT2D eigenvalue weighted by Gasteiger charge is 2.31. The summed E-state index contributed by atoms with van der Waals surface area (Å²) in [4.78, 5) is 11.0. The molecule has 2 rings (SSSR count). The lowest BCUT2D eigenvalue weighted by Crippen LogP contribution is -2.47. The zero-order valence-corrected chi connectivity index (χ0v) is 9.40. The lowest BCUT2D eigenvalue weighted by atomic mass is 10.0. The molecule has 3 nitrogen and oxygen atoms in total.